The summed E-state index contributed by atoms with van der Waals surface area (Å²) in [6, 6.07) is 32.5. The molecular formula is C40H33FN2+2. The molecule has 0 radical (unpaired) electrons. The minimum absolute atomic E-state index is 0.123. The molecule has 1 aliphatic heterocycles. The Balaban J connectivity index is 1.66. The van der Waals surface area contributed by atoms with Gasteiger partial charge < -0.3 is 0 Å². The summed E-state index contributed by atoms with van der Waals surface area (Å²) in [7, 11) is 0. The third kappa shape index (κ3) is 2.84. The predicted octanol–water partition coefficient (Wildman–Crippen LogP) is 9.03. The number of halogens is 1. The van der Waals surface area contributed by atoms with E-state index in [0.717, 1.165) is 35.5 Å². The van der Waals surface area contributed by atoms with E-state index in [-0.39, 0.29) is 11.2 Å². The molecular weight excluding hydrogens is 527 g/mol. The fourth-order valence-electron chi connectivity index (χ4n) is 8.88. The van der Waals surface area contributed by atoms with Crippen LogP contribution in [0.2, 0.25) is 0 Å². The van der Waals surface area contributed by atoms with Gasteiger partial charge in [0, 0.05) is 33.9 Å². The van der Waals surface area contributed by atoms with Crippen LogP contribution in [0.1, 0.15) is 62.8 Å². The largest absolute Gasteiger partial charge is 0.460 e. The fraction of sp³-hybridized carbons (Fsp3) is 0.200. The number of pyridine rings is 3. The molecule has 43 heavy (non-hydrogen) atoms. The van der Waals surface area contributed by atoms with Gasteiger partial charge in [-0.3, -0.25) is 0 Å². The molecule has 1 aliphatic carbocycles. The number of fused-ring (bicyclic) bond motifs is 9. The van der Waals surface area contributed by atoms with Crippen molar-refractivity contribution < 1.29 is 13.4 Å². The molecule has 3 heteroatoms. The normalized spacial score (nSPS) is 15.7. The van der Waals surface area contributed by atoms with E-state index < -0.39 is 5.41 Å². The molecule has 9 rings (SSSR count). The maximum Gasteiger partial charge on any atom is 0.460 e. The molecule has 0 unspecified atom stereocenters. The van der Waals surface area contributed by atoms with E-state index in [2.05, 4.69) is 134 Å². The van der Waals surface area contributed by atoms with Crippen LogP contribution in [0.4, 0.5) is 4.39 Å². The average molecular weight is 561 g/mol. The van der Waals surface area contributed by atoms with E-state index in [1.54, 1.807) is 6.07 Å². The van der Waals surface area contributed by atoms with Gasteiger partial charge in [0.25, 0.3) is 0 Å². The second-order valence-electron chi connectivity index (χ2n) is 12.9. The molecule has 0 saturated carbocycles. The first kappa shape index (κ1) is 24.9. The molecule has 208 valence electrons. The van der Waals surface area contributed by atoms with E-state index in [9.17, 15) is 0 Å². The van der Waals surface area contributed by atoms with Gasteiger partial charge in [0.15, 0.2) is 12.4 Å². The van der Waals surface area contributed by atoms with Crippen LogP contribution in [0.15, 0.2) is 103 Å². The first-order chi connectivity index (χ1) is 20.9. The van der Waals surface area contributed by atoms with Gasteiger partial charge in [-0.15, -0.1) is 8.97 Å². The summed E-state index contributed by atoms with van der Waals surface area (Å²) in [6.45, 7) is 9.02. The topological polar surface area (TPSA) is 7.98 Å². The third-order valence-electron chi connectivity index (χ3n) is 10.9. The molecule has 0 bridgehead atoms. The highest BCUT2D eigenvalue weighted by molar-refractivity contribution is 6.09. The van der Waals surface area contributed by atoms with Gasteiger partial charge in [0.1, 0.15) is 11.4 Å². The molecule has 7 aromatic rings. The Kier molecular flexibility index (Phi) is 4.79. The van der Waals surface area contributed by atoms with Gasteiger partial charge in [-0.25, -0.2) is 4.39 Å². The minimum atomic E-state index is -0.488. The molecule has 3 aromatic heterocycles. The summed E-state index contributed by atoms with van der Waals surface area (Å²) >= 11 is 0. The molecule has 0 fully saturated rings. The Hall–Kier alpha value is -4.63. The maximum absolute atomic E-state index is 16.4. The van der Waals surface area contributed by atoms with Crippen molar-refractivity contribution in [1.82, 2.24) is 0 Å². The van der Waals surface area contributed by atoms with Gasteiger partial charge in [0.05, 0.1) is 21.7 Å². The van der Waals surface area contributed by atoms with E-state index in [1.165, 1.54) is 54.5 Å². The second kappa shape index (κ2) is 8.26. The van der Waals surface area contributed by atoms with Crippen LogP contribution in [0.5, 0.6) is 0 Å². The quantitative estimate of drug-likeness (QED) is 0.147. The van der Waals surface area contributed by atoms with Crippen molar-refractivity contribution in [3.8, 4) is 17.1 Å². The summed E-state index contributed by atoms with van der Waals surface area (Å²) in [5, 5.41) is 7.38. The standard InChI is InChI=1S/C40H33FN2/c1-5-40(6-2)30-18-19-31(41)35-33(30)37-32-25(13-11-17-29(32)39(35,3)4)21-23-43(37)38-34(40)27-15-9-10-16-28(27)36-26-14-8-7-12-24(26)20-22-42(36)38/h7-23H,5-6H2,1-4H3/q+2. The van der Waals surface area contributed by atoms with Crippen LogP contribution in [0.3, 0.4) is 0 Å². The zero-order valence-corrected chi connectivity index (χ0v) is 25.0. The number of aromatic nitrogens is 2. The number of rotatable bonds is 2. The highest BCUT2D eigenvalue weighted by atomic mass is 19.1. The zero-order valence-electron chi connectivity index (χ0n) is 25.0. The van der Waals surface area contributed by atoms with Gasteiger partial charge in [-0.2, -0.15) is 0 Å². The summed E-state index contributed by atoms with van der Waals surface area (Å²) in [5.41, 5.74) is 7.12. The smallest absolute Gasteiger partial charge is 0.207 e. The molecule has 4 heterocycles. The zero-order chi connectivity index (χ0) is 29.2. The van der Waals surface area contributed by atoms with Gasteiger partial charge >= 0.3 is 5.82 Å². The highest BCUT2D eigenvalue weighted by Crippen LogP contribution is 2.56. The van der Waals surface area contributed by atoms with Crippen LogP contribution in [-0.4, -0.2) is 0 Å². The molecule has 0 amide bonds. The molecule has 0 spiro atoms. The molecule has 2 aliphatic rings. The van der Waals surface area contributed by atoms with Crippen LogP contribution >= 0.6 is 0 Å². The van der Waals surface area contributed by atoms with Gasteiger partial charge in [-0.1, -0.05) is 88.4 Å². The van der Waals surface area contributed by atoms with Crippen molar-refractivity contribution >= 4 is 37.8 Å². The maximum atomic E-state index is 16.4. The lowest BCUT2D eigenvalue weighted by molar-refractivity contribution is -0.699. The lowest BCUT2D eigenvalue weighted by Crippen LogP contribution is -2.48. The number of nitrogens with zero attached hydrogens (tertiary/aromatic N) is 2. The minimum Gasteiger partial charge on any atom is -0.207 e. The third-order valence-corrected chi connectivity index (χ3v) is 10.9. The van der Waals surface area contributed by atoms with E-state index in [1.807, 2.05) is 0 Å². The second-order valence-corrected chi connectivity index (χ2v) is 12.9. The Morgan fingerprint density at radius 2 is 1.35 bits per heavy atom. The lowest BCUT2D eigenvalue weighted by Gasteiger charge is -2.37. The Bertz CT molecular complexity index is 2360. The van der Waals surface area contributed by atoms with Crippen molar-refractivity contribution in [1.29, 1.82) is 0 Å². The number of benzene rings is 4. The average Bonchev–Trinajstić information content (AvgIpc) is 3.14. The SMILES string of the molecule is CCC1(CC)c2ccc(F)c3c2-c2c4c(cccc4cc[n+]2-c2c1c1ccccc1c1c4ccccc4cc[n+]21)C3(C)C. The Labute approximate surface area is 250 Å². The molecule has 2 nitrogen and oxygen atoms in total. The van der Waals surface area contributed by atoms with Gasteiger partial charge in [0.2, 0.25) is 11.2 Å². The van der Waals surface area contributed by atoms with Gasteiger partial charge in [-0.05, 0) is 52.9 Å². The molecule has 0 saturated heterocycles. The van der Waals surface area contributed by atoms with Crippen molar-refractivity contribution in [2.45, 2.75) is 51.4 Å². The van der Waals surface area contributed by atoms with E-state index in [4.69, 9.17) is 0 Å². The molecule has 0 atom stereocenters. The summed E-state index contributed by atoms with van der Waals surface area (Å²) in [5.74, 6) is 1.03. The first-order valence-electron chi connectivity index (χ1n) is 15.5. The lowest BCUT2D eigenvalue weighted by atomic mass is 9.63. The monoisotopic (exact) mass is 560 g/mol. The van der Waals surface area contributed by atoms with Crippen molar-refractivity contribution in [2.24, 2.45) is 0 Å². The number of hydrogen-bond acceptors (Lipinski definition) is 0. The molecule has 4 aromatic carbocycles. The summed E-state index contributed by atoms with van der Waals surface area (Å²) in [6.07, 6.45) is 6.28. The molecule has 0 N–H and O–H groups in total. The van der Waals surface area contributed by atoms with Crippen LogP contribution in [-0.2, 0) is 10.8 Å². The summed E-state index contributed by atoms with van der Waals surface area (Å²) in [4.78, 5) is 0. The Morgan fingerprint density at radius 3 is 2.14 bits per heavy atom. The van der Waals surface area contributed by atoms with Crippen LogP contribution in [0, 0.1) is 5.82 Å². The highest BCUT2D eigenvalue weighted by Gasteiger charge is 2.53. The van der Waals surface area contributed by atoms with Crippen molar-refractivity contribution in [2.75, 3.05) is 0 Å². The first-order valence-corrected chi connectivity index (χ1v) is 15.5. The van der Waals surface area contributed by atoms with Crippen molar-refractivity contribution in [3.05, 3.63) is 131 Å². The van der Waals surface area contributed by atoms with Crippen molar-refractivity contribution in [3.63, 3.8) is 0 Å². The Morgan fingerprint density at radius 1 is 0.651 bits per heavy atom. The van der Waals surface area contributed by atoms with E-state index >= 15 is 4.39 Å². The fourth-order valence-corrected chi connectivity index (χ4v) is 8.88. The van der Waals surface area contributed by atoms with Crippen LogP contribution < -0.4 is 8.97 Å². The summed E-state index contributed by atoms with van der Waals surface area (Å²) < 4.78 is 21.2. The van der Waals surface area contributed by atoms with Crippen LogP contribution in [0.25, 0.3) is 54.9 Å². The number of hydrogen-bond donors (Lipinski definition) is 0. The van der Waals surface area contributed by atoms with E-state index in [0.29, 0.717) is 0 Å². The predicted molar refractivity (Wildman–Crippen MR) is 173 cm³/mol.